The van der Waals surface area contributed by atoms with Crippen molar-refractivity contribution in [3.05, 3.63) is 63.8 Å². The molecule has 2 amide bonds. The number of benzene rings is 2. The first-order valence-electron chi connectivity index (χ1n) is 8.28. The van der Waals surface area contributed by atoms with E-state index in [-0.39, 0.29) is 18.4 Å². The van der Waals surface area contributed by atoms with Crippen LogP contribution in [0.3, 0.4) is 0 Å². The molecular weight excluding hydrogens is 394 g/mol. The van der Waals surface area contributed by atoms with E-state index in [1.54, 1.807) is 25.2 Å². The predicted octanol–water partition coefficient (Wildman–Crippen LogP) is 4.02. The van der Waals surface area contributed by atoms with Crippen LogP contribution in [-0.2, 0) is 11.3 Å². The molecule has 0 aliphatic heterocycles. The van der Waals surface area contributed by atoms with Gasteiger partial charge in [0.1, 0.15) is 6.54 Å². The molecule has 134 valence electrons. The van der Waals surface area contributed by atoms with Crippen LogP contribution in [0.2, 0.25) is 0 Å². The van der Waals surface area contributed by atoms with Gasteiger partial charge < -0.3 is 15.2 Å². The lowest BCUT2D eigenvalue weighted by Gasteiger charge is -2.12. The largest absolute Gasteiger partial charge is 0.355 e. The van der Waals surface area contributed by atoms with Gasteiger partial charge in [0.15, 0.2) is 0 Å². The van der Waals surface area contributed by atoms with Crippen LogP contribution < -0.4 is 10.6 Å². The van der Waals surface area contributed by atoms with Crippen molar-refractivity contribution >= 4 is 44.3 Å². The van der Waals surface area contributed by atoms with Gasteiger partial charge in [-0.05, 0) is 59.6 Å². The third-order valence-electron chi connectivity index (χ3n) is 4.45. The number of carbonyl (C=O) groups excluding carboxylic acids is 2. The molecule has 0 bridgehead atoms. The molecule has 0 saturated carbocycles. The Balaban J connectivity index is 1.82. The van der Waals surface area contributed by atoms with Crippen LogP contribution in [0.4, 0.5) is 5.69 Å². The number of nitrogens with one attached hydrogen (secondary N) is 2. The molecule has 0 aliphatic carbocycles. The van der Waals surface area contributed by atoms with Crippen LogP contribution in [0.25, 0.3) is 10.9 Å². The van der Waals surface area contributed by atoms with Gasteiger partial charge in [-0.3, -0.25) is 9.59 Å². The molecule has 0 spiro atoms. The summed E-state index contributed by atoms with van der Waals surface area (Å²) >= 11 is 3.61. The highest BCUT2D eigenvalue weighted by Crippen LogP contribution is 2.30. The van der Waals surface area contributed by atoms with Crippen LogP contribution in [0.1, 0.15) is 21.6 Å². The summed E-state index contributed by atoms with van der Waals surface area (Å²) in [7, 11) is 1.59. The number of carbonyl (C=O) groups is 2. The Bertz CT molecular complexity index is 1010. The van der Waals surface area contributed by atoms with Crippen molar-refractivity contribution < 1.29 is 9.59 Å². The Labute approximate surface area is 160 Å². The molecule has 0 saturated heterocycles. The molecule has 0 fully saturated rings. The number of hydrogen-bond donors (Lipinski definition) is 2. The normalized spacial score (nSPS) is 10.8. The summed E-state index contributed by atoms with van der Waals surface area (Å²) in [5.41, 5.74) is 4.14. The Hall–Kier alpha value is -2.60. The van der Waals surface area contributed by atoms with Crippen LogP contribution >= 0.6 is 15.9 Å². The van der Waals surface area contributed by atoms with Gasteiger partial charge in [0.05, 0.1) is 0 Å². The number of nitrogens with zero attached hydrogens (tertiary/aromatic N) is 1. The minimum Gasteiger partial charge on any atom is -0.355 e. The molecule has 6 heteroatoms. The minimum atomic E-state index is -0.148. The third-order valence-corrected chi connectivity index (χ3v) is 5.45. The smallest absolute Gasteiger partial charge is 0.251 e. The standard InChI is InChI=1S/C20H20BrN3O2/c1-12-10-14(20(26)22-3)8-9-16(12)23-18(25)11-24-13(2)19(21)15-6-4-5-7-17(15)24/h4-10H,11H2,1-3H3,(H,22,26)(H,23,25). The van der Waals surface area contributed by atoms with Crippen LogP contribution in [0.15, 0.2) is 46.9 Å². The van der Waals surface area contributed by atoms with E-state index < -0.39 is 0 Å². The monoisotopic (exact) mass is 413 g/mol. The minimum absolute atomic E-state index is 0.114. The van der Waals surface area contributed by atoms with Crippen molar-refractivity contribution in [1.82, 2.24) is 9.88 Å². The van der Waals surface area contributed by atoms with E-state index >= 15 is 0 Å². The summed E-state index contributed by atoms with van der Waals surface area (Å²) in [5, 5.41) is 6.62. The first-order valence-corrected chi connectivity index (χ1v) is 9.07. The van der Waals surface area contributed by atoms with Crippen molar-refractivity contribution in [2.75, 3.05) is 12.4 Å². The number of para-hydroxylation sites is 1. The van der Waals surface area contributed by atoms with Gasteiger partial charge in [-0.1, -0.05) is 18.2 Å². The molecule has 3 rings (SSSR count). The molecule has 3 aromatic rings. The number of halogens is 1. The molecule has 5 nitrogen and oxygen atoms in total. The van der Waals surface area contributed by atoms with Gasteiger partial charge >= 0.3 is 0 Å². The zero-order valence-electron chi connectivity index (χ0n) is 14.9. The second-order valence-electron chi connectivity index (χ2n) is 6.16. The second kappa shape index (κ2) is 7.33. The molecular formula is C20H20BrN3O2. The Kier molecular flexibility index (Phi) is 5.13. The highest BCUT2D eigenvalue weighted by atomic mass is 79.9. The second-order valence-corrected chi connectivity index (χ2v) is 6.95. The van der Waals surface area contributed by atoms with Gasteiger partial charge in [-0.15, -0.1) is 0 Å². The lowest BCUT2D eigenvalue weighted by molar-refractivity contribution is -0.116. The maximum atomic E-state index is 12.6. The summed E-state index contributed by atoms with van der Waals surface area (Å²) in [6.45, 7) is 4.07. The summed E-state index contributed by atoms with van der Waals surface area (Å²) in [6.07, 6.45) is 0. The van der Waals surface area contributed by atoms with E-state index in [1.807, 2.05) is 42.7 Å². The number of hydrogen-bond acceptors (Lipinski definition) is 2. The van der Waals surface area contributed by atoms with Crippen molar-refractivity contribution in [2.24, 2.45) is 0 Å². The van der Waals surface area contributed by atoms with Crippen LogP contribution in [0.5, 0.6) is 0 Å². The van der Waals surface area contributed by atoms with Gasteiger partial charge in [0.25, 0.3) is 5.91 Å². The number of aromatic nitrogens is 1. The van der Waals surface area contributed by atoms with Gasteiger partial charge in [-0.2, -0.15) is 0 Å². The lowest BCUT2D eigenvalue weighted by Crippen LogP contribution is -2.21. The van der Waals surface area contributed by atoms with Gasteiger partial charge in [0, 0.05) is 39.4 Å². The molecule has 0 atom stereocenters. The van der Waals surface area contributed by atoms with E-state index in [1.165, 1.54) is 0 Å². The zero-order valence-corrected chi connectivity index (χ0v) is 16.5. The molecule has 2 N–H and O–H groups in total. The first kappa shape index (κ1) is 18.2. The average molecular weight is 414 g/mol. The number of anilines is 1. The fraction of sp³-hybridized carbons (Fsp3) is 0.200. The summed E-state index contributed by atoms with van der Waals surface area (Å²) in [5.74, 6) is -0.262. The highest BCUT2D eigenvalue weighted by Gasteiger charge is 2.15. The van der Waals surface area contributed by atoms with E-state index in [0.29, 0.717) is 11.3 Å². The summed E-state index contributed by atoms with van der Waals surface area (Å²) in [6, 6.07) is 13.2. The van der Waals surface area contributed by atoms with Crippen molar-refractivity contribution in [2.45, 2.75) is 20.4 Å². The van der Waals surface area contributed by atoms with Gasteiger partial charge in [0.2, 0.25) is 5.91 Å². The zero-order chi connectivity index (χ0) is 18.8. The van der Waals surface area contributed by atoms with Crippen LogP contribution in [-0.4, -0.2) is 23.4 Å². The third kappa shape index (κ3) is 3.37. The quantitative estimate of drug-likeness (QED) is 0.678. The van der Waals surface area contributed by atoms with Crippen LogP contribution in [0, 0.1) is 13.8 Å². The van der Waals surface area contributed by atoms with E-state index in [0.717, 1.165) is 26.6 Å². The highest BCUT2D eigenvalue weighted by molar-refractivity contribution is 9.10. The molecule has 0 radical (unpaired) electrons. The van der Waals surface area contributed by atoms with E-state index in [9.17, 15) is 9.59 Å². The van der Waals surface area contributed by atoms with E-state index in [2.05, 4.69) is 26.6 Å². The fourth-order valence-electron chi connectivity index (χ4n) is 3.02. The van der Waals surface area contributed by atoms with Crippen molar-refractivity contribution in [3.63, 3.8) is 0 Å². The first-order chi connectivity index (χ1) is 12.4. The van der Waals surface area contributed by atoms with Gasteiger partial charge in [-0.25, -0.2) is 0 Å². The maximum absolute atomic E-state index is 12.6. The summed E-state index contributed by atoms with van der Waals surface area (Å²) < 4.78 is 3.00. The number of rotatable bonds is 4. The van der Waals surface area contributed by atoms with Crippen molar-refractivity contribution in [1.29, 1.82) is 0 Å². The Morgan fingerprint density at radius 2 is 1.85 bits per heavy atom. The molecule has 0 aliphatic rings. The number of amides is 2. The van der Waals surface area contributed by atoms with Crippen molar-refractivity contribution in [3.8, 4) is 0 Å². The number of fused-ring (bicyclic) bond motifs is 1. The molecule has 0 unspecified atom stereocenters. The Morgan fingerprint density at radius 1 is 1.12 bits per heavy atom. The predicted molar refractivity (Wildman–Crippen MR) is 108 cm³/mol. The van der Waals surface area contributed by atoms with E-state index in [4.69, 9.17) is 0 Å². The molecule has 2 aromatic carbocycles. The number of aryl methyl sites for hydroxylation is 1. The molecule has 26 heavy (non-hydrogen) atoms. The fourth-order valence-corrected chi connectivity index (χ4v) is 3.56. The topological polar surface area (TPSA) is 63.1 Å². The SMILES string of the molecule is CNC(=O)c1ccc(NC(=O)Cn2c(C)c(Br)c3ccccc32)c(C)c1. The Morgan fingerprint density at radius 3 is 2.54 bits per heavy atom. The lowest BCUT2D eigenvalue weighted by atomic mass is 10.1. The summed E-state index contributed by atoms with van der Waals surface area (Å²) in [4.78, 5) is 24.3. The average Bonchev–Trinajstić information content (AvgIpc) is 2.88. The molecule has 1 aromatic heterocycles. The molecule has 1 heterocycles. The maximum Gasteiger partial charge on any atom is 0.251 e.